The first-order valence-corrected chi connectivity index (χ1v) is 12.0. The molecule has 7 nitrogen and oxygen atoms in total. The molecular weight excluding hydrogens is 458 g/mol. The standard InChI is InChI=1S/C29H33NO6/c1-16-19(13-25(34-5)27(31)28(16)35-6)12-23-17(2)26(24-14-20(33-4)9-10-22(23)24)18(3)29(32)30-15-21-8-7-11-36-21/h7-14,16,18,26,28H,15H2,1-6H3,(H,30,32)/b19-12+. The van der Waals surface area contributed by atoms with E-state index in [1.165, 1.54) is 14.2 Å². The number of furan rings is 1. The SMILES string of the molecule is COC1=C/C(=C\C2=C(C)C(C(C)C(=O)NCc3ccco3)c3cc(OC)ccc32)C(C)C(OC)C1=O. The van der Waals surface area contributed by atoms with Crippen molar-refractivity contribution in [3.63, 3.8) is 0 Å². The third-order valence-electron chi connectivity index (χ3n) is 7.27. The fourth-order valence-corrected chi connectivity index (χ4v) is 5.23. The number of hydrogen-bond donors (Lipinski definition) is 1. The maximum atomic E-state index is 13.2. The molecule has 0 fully saturated rings. The number of benzene rings is 1. The zero-order chi connectivity index (χ0) is 26.0. The van der Waals surface area contributed by atoms with Gasteiger partial charge in [-0.05, 0) is 59.5 Å². The summed E-state index contributed by atoms with van der Waals surface area (Å²) in [5.41, 5.74) is 5.13. The number of carbonyl (C=O) groups excluding carboxylic acids is 2. The number of nitrogens with one attached hydrogen (secondary N) is 1. The van der Waals surface area contributed by atoms with E-state index in [1.807, 2.05) is 38.1 Å². The Bertz CT molecular complexity index is 1240. The highest BCUT2D eigenvalue weighted by atomic mass is 16.5. The van der Waals surface area contributed by atoms with Gasteiger partial charge in [0, 0.05) is 24.9 Å². The highest BCUT2D eigenvalue weighted by Gasteiger charge is 2.38. The minimum absolute atomic E-state index is 0.0592. The monoisotopic (exact) mass is 491 g/mol. The number of allylic oxidation sites excluding steroid dienone is 4. The molecule has 2 aliphatic rings. The van der Waals surface area contributed by atoms with Gasteiger partial charge in [-0.3, -0.25) is 9.59 Å². The largest absolute Gasteiger partial charge is 0.497 e. The van der Waals surface area contributed by atoms with Gasteiger partial charge in [-0.15, -0.1) is 0 Å². The number of ether oxygens (including phenoxy) is 3. The summed E-state index contributed by atoms with van der Waals surface area (Å²) in [6.07, 6.45) is 4.86. The van der Waals surface area contributed by atoms with Gasteiger partial charge in [0.2, 0.25) is 11.7 Å². The second kappa shape index (κ2) is 10.6. The molecule has 190 valence electrons. The van der Waals surface area contributed by atoms with Crippen LogP contribution in [0.5, 0.6) is 5.75 Å². The molecule has 7 heteroatoms. The molecule has 0 spiro atoms. The number of fused-ring (bicyclic) bond motifs is 1. The Hall–Kier alpha value is -3.58. The quantitative estimate of drug-likeness (QED) is 0.571. The molecule has 36 heavy (non-hydrogen) atoms. The van der Waals surface area contributed by atoms with Crippen LogP contribution in [0.1, 0.15) is 43.6 Å². The third kappa shape index (κ3) is 4.63. The fourth-order valence-electron chi connectivity index (χ4n) is 5.23. The summed E-state index contributed by atoms with van der Waals surface area (Å²) in [6, 6.07) is 9.60. The molecule has 4 rings (SSSR count). The van der Waals surface area contributed by atoms with E-state index in [1.54, 1.807) is 25.5 Å². The summed E-state index contributed by atoms with van der Waals surface area (Å²) in [5.74, 6) is 0.878. The minimum Gasteiger partial charge on any atom is -0.497 e. The van der Waals surface area contributed by atoms with Crippen LogP contribution >= 0.6 is 0 Å². The first kappa shape index (κ1) is 25.5. The average molecular weight is 492 g/mol. The van der Waals surface area contributed by atoms with Crippen molar-refractivity contribution in [3.05, 3.63) is 82.5 Å². The van der Waals surface area contributed by atoms with E-state index in [0.717, 1.165) is 33.6 Å². The first-order chi connectivity index (χ1) is 17.3. The number of rotatable bonds is 8. The lowest BCUT2D eigenvalue weighted by Crippen LogP contribution is -2.36. The number of methoxy groups -OCH3 is 3. The zero-order valence-corrected chi connectivity index (χ0v) is 21.6. The van der Waals surface area contributed by atoms with Gasteiger partial charge in [0.1, 0.15) is 17.6 Å². The molecule has 1 aromatic carbocycles. The van der Waals surface area contributed by atoms with Crippen molar-refractivity contribution < 1.29 is 28.2 Å². The van der Waals surface area contributed by atoms with Crippen molar-refractivity contribution in [2.75, 3.05) is 21.3 Å². The lowest BCUT2D eigenvalue weighted by Gasteiger charge is -2.28. The molecule has 1 amide bonds. The molecule has 2 aliphatic carbocycles. The van der Waals surface area contributed by atoms with Gasteiger partial charge in [0.05, 0.1) is 27.0 Å². The summed E-state index contributed by atoms with van der Waals surface area (Å²) in [6.45, 7) is 6.31. The maximum absolute atomic E-state index is 13.2. The van der Waals surface area contributed by atoms with Gasteiger partial charge in [-0.1, -0.05) is 31.6 Å². The van der Waals surface area contributed by atoms with Crippen LogP contribution in [0.3, 0.4) is 0 Å². The van der Waals surface area contributed by atoms with Crippen molar-refractivity contribution in [2.24, 2.45) is 11.8 Å². The number of hydrogen-bond acceptors (Lipinski definition) is 6. The summed E-state index contributed by atoms with van der Waals surface area (Å²) < 4.78 is 21.7. The van der Waals surface area contributed by atoms with Crippen LogP contribution in [0.15, 0.2) is 70.1 Å². The predicted molar refractivity (Wildman–Crippen MR) is 136 cm³/mol. The smallest absolute Gasteiger partial charge is 0.226 e. The molecule has 0 radical (unpaired) electrons. The molecular formula is C29H33NO6. The van der Waals surface area contributed by atoms with Gasteiger partial charge in [0.25, 0.3) is 0 Å². The molecule has 0 saturated carbocycles. The van der Waals surface area contributed by atoms with Crippen LogP contribution in [-0.2, 0) is 25.6 Å². The predicted octanol–water partition coefficient (Wildman–Crippen LogP) is 4.80. The van der Waals surface area contributed by atoms with E-state index < -0.39 is 6.10 Å². The second-order valence-electron chi connectivity index (χ2n) is 9.28. The van der Waals surface area contributed by atoms with Crippen LogP contribution in [0, 0.1) is 11.8 Å². The summed E-state index contributed by atoms with van der Waals surface area (Å²) in [4.78, 5) is 25.8. The maximum Gasteiger partial charge on any atom is 0.226 e. The molecule has 0 saturated heterocycles. The van der Waals surface area contributed by atoms with E-state index in [0.29, 0.717) is 12.3 Å². The second-order valence-corrected chi connectivity index (χ2v) is 9.28. The third-order valence-corrected chi connectivity index (χ3v) is 7.27. The minimum atomic E-state index is -0.615. The van der Waals surface area contributed by atoms with Crippen molar-refractivity contribution in [3.8, 4) is 5.75 Å². The average Bonchev–Trinajstić information content (AvgIpc) is 3.49. The number of Topliss-reactive ketones (excluding diaryl/α,β-unsaturated/α-hetero) is 1. The van der Waals surface area contributed by atoms with Gasteiger partial charge in [0.15, 0.2) is 5.76 Å². The summed E-state index contributed by atoms with van der Waals surface area (Å²) in [7, 11) is 4.66. The Balaban J connectivity index is 1.74. The van der Waals surface area contributed by atoms with Gasteiger partial charge in [-0.2, -0.15) is 0 Å². The summed E-state index contributed by atoms with van der Waals surface area (Å²) >= 11 is 0. The van der Waals surface area contributed by atoms with Crippen LogP contribution in [0.25, 0.3) is 5.57 Å². The van der Waals surface area contributed by atoms with Gasteiger partial charge < -0.3 is 23.9 Å². The molecule has 1 aromatic heterocycles. The van der Waals surface area contributed by atoms with Gasteiger partial charge >= 0.3 is 0 Å². The van der Waals surface area contributed by atoms with Crippen LogP contribution < -0.4 is 10.1 Å². The normalized spacial score (nSPS) is 23.4. The van der Waals surface area contributed by atoms with Crippen LogP contribution in [-0.4, -0.2) is 39.1 Å². The fraction of sp³-hybridized carbons (Fsp3) is 0.379. The highest BCUT2D eigenvalue weighted by Crippen LogP contribution is 2.48. The van der Waals surface area contributed by atoms with E-state index in [-0.39, 0.29) is 35.2 Å². The van der Waals surface area contributed by atoms with E-state index >= 15 is 0 Å². The Morgan fingerprint density at radius 3 is 2.61 bits per heavy atom. The molecule has 4 unspecified atom stereocenters. The van der Waals surface area contributed by atoms with Crippen LogP contribution in [0.4, 0.5) is 0 Å². The Morgan fingerprint density at radius 1 is 1.19 bits per heavy atom. The Morgan fingerprint density at radius 2 is 1.97 bits per heavy atom. The van der Waals surface area contributed by atoms with Crippen LogP contribution in [0.2, 0.25) is 0 Å². The molecule has 0 aliphatic heterocycles. The summed E-state index contributed by atoms with van der Waals surface area (Å²) in [5, 5.41) is 2.99. The molecule has 2 aromatic rings. The van der Waals surface area contributed by atoms with Crippen molar-refractivity contribution in [1.29, 1.82) is 0 Å². The highest BCUT2D eigenvalue weighted by molar-refractivity contribution is 6.00. The van der Waals surface area contributed by atoms with E-state index in [2.05, 4.69) is 18.3 Å². The molecule has 1 N–H and O–H groups in total. The van der Waals surface area contributed by atoms with E-state index in [4.69, 9.17) is 18.6 Å². The number of carbonyl (C=O) groups is 2. The Kier molecular flexibility index (Phi) is 7.50. The van der Waals surface area contributed by atoms with E-state index in [9.17, 15) is 9.59 Å². The van der Waals surface area contributed by atoms with Crippen molar-refractivity contribution >= 4 is 17.3 Å². The number of ketones is 1. The van der Waals surface area contributed by atoms with Crippen molar-refractivity contribution in [2.45, 2.75) is 39.3 Å². The first-order valence-electron chi connectivity index (χ1n) is 12.0. The molecule has 0 bridgehead atoms. The topological polar surface area (TPSA) is 87.0 Å². The zero-order valence-electron chi connectivity index (χ0n) is 21.6. The lowest BCUT2D eigenvalue weighted by atomic mass is 9.83. The lowest BCUT2D eigenvalue weighted by molar-refractivity contribution is -0.130. The molecule has 4 atom stereocenters. The van der Waals surface area contributed by atoms with Crippen molar-refractivity contribution in [1.82, 2.24) is 5.32 Å². The Labute approximate surface area is 211 Å². The van der Waals surface area contributed by atoms with Gasteiger partial charge in [-0.25, -0.2) is 0 Å². The number of amides is 1. The molecule has 1 heterocycles.